The fourth-order valence-electron chi connectivity index (χ4n) is 2.76. The molecule has 1 aliphatic rings. The molecule has 0 radical (unpaired) electrons. The topological polar surface area (TPSA) is 64.9 Å². The molecule has 2 rings (SSSR count). The van der Waals surface area contributed by atoms with Gasteiger partial charge in [0, 0.05) is 6.42 Å². The molecule has 18 heavy (non-hydrogen) atoms. The van der Waals surface area contributed by atoms with Crippen LogP contribution >= 0.6 is 0 Å². The molecule has 1 aromatic rings. The highest BCUT2D eigenvalue weighted by atomic mass is 16.5. The van der Waals surface area contributed by atoms with Crippen LogP contribution in [0.15, 0.2) is 4.52 Å². The molecule has 102 valence electrons. The molecule has 0 aliphatic heterocycles. The monoisotopic (exact) mass is 251 g/mol. The van der Waals surface area contributed by atoms with Gasteiger partial charge in [0.1, 0.15) is 0 Å². The quantitative estimate of drug-likeness (QED) is 0.841. The molecule has 1 unspecified atom stereocenters. The highest BCUT2D eigenvalue weighted by Gasteiger charge is 2.17. The zero-order chi connectivity index (χ0) is 12.8. The van der Waals surface area contributed by atoms with Crippen LogP contribution < -0.4 is 5.73 Å². The van der Waals surface area contributed by atoms with Gasteiger partial charge < -0.3 is 10.3 Å². The molecule has 1 atom stereocenters. The lowest BCUT2D eigenvalue weighted by Crippen LogP contribution is -2.11. The van der Waals surface area contributed by atoms with Gasteiger partial charge in [-0.15, -0.1) is 0 Å². The second-order valence-corrected chi connectivity index (χ2v) is 5.48. The van der Waals surface area contributed by atoms with Gasteiger partial charge in [0.2, 0.25) is 5.89 Å². The van der Waals surface area contributed by atoms with E-state index in [9.17, 15) is 0 Å². The summed E-state index contributed by atoms with van der Waals surface area (Å²) >= 11 is 0. The molecule has 0 amide bonds. The SMILES string of the molecule is CCCC(N)c1noc(CCC2CCCCC2)n1. The third-order valence-electron chi connectivity index (χ3n) is 3.91. The van der Waals surface area contributed by atoms with E-state index in [0.29, 0.717) is 5.82 Å². The van der Waals surface area contributed by atoms with Crippen LogP contribution in [0.5, 0.6) is 0 Å². The number of hydrogen-bond donors (Lipinski definition) is 1. The van der Waals surface area contributed by atoms with E-state index in [4.69, 9.17) is 10.3 Å². The Balaban J connectivity index is 1.79. The van der Waals surface area contributed by atoms with Gasteiger partial charge in [0.25, 0.3) is 0 Å². The zero-order valence-corrected chi connectivity index (χ0v) is 11.4. The maximum atomic E-state index is 5.97. The fraction of sp³-hybridized carbons (Fsp3) is 0.857. The van der Waals surface area contributed by atoms with Crippen molar-refractivity contribution >= 4 is 0 Å². The maximum absolute atomic E-state index is 5.97. The van der Waals surface area contributed by atoms with E-state index in [1.165, 1.54) is 38.5 Å². The summed E-state index contributed by atoms with van der Waals surface area (Å²) < 4.78 is 5.28. The van der Waals surface area contributed by atoms with Crippen molar-refractivity contribution in [2.24, 2.45) is 11.7 Å². The number of hydrogen-bond acceptors (Lipinski definition) is 4. The summed E-state index contributed by atoms with van der Waals surface area (Å²) in [5.74, 6) is 2.30. The molecule has 1 heterocycles. The van der Waals surface area contributed by atoms with Gasteiger partial charge in [0.05, 0.1) is 6.04 Å². The van der Waals surface area contributed by atoms with Crippen molar-refractivity contribution in [2.45, 2.75) is 70.8 Å². The first kappa shape index (κ1) is 13.5. The van der Waals surface area contributed by atoms with Crippen LogP contribution in [0.3, 0.4) is 0 Å². The Bertz CT molecular complexity index is 345. The first-order chi connectivity index (χ1) is 8.79. The van der Waals surface area contributed by atoms with Crippen LogP contribution in [-0.4, -0.2) is 10.1 Å². The van der Waals surface area contributed by atoms with Crippen molar-refractivity contribution in [3.63, 3.8) is 0 Å². The third-order valence-corrected chi connectivity index (χ3v) is 3.91. The molecule has 4 nitrogen and oxygen atoms in total. The summed E-state index contributed by atoms with van der Waals surface area (Å²) in [5, 5.41) is 3.99. The lowest BCUT2D eigenvalue weighted by atomic mass is 9.86. The first-order valence-corrected chi connectivity index (χ1v) is 7.37. The number of nitrogens with two attached hydrogens (primary N) is 1. The molecule has 4 heteroatoms. The Morgan fingerprint density at radius 2 is 2.11 bits per heavy atom. The zero-order valence-electron chi connectivity index (χ0n) is 11.4. The van der Waals surface area contributed by atoms with Gasteiger partial charge in [-0.1, -0.05) is 50.6 Å². The average molecular weight is 251 g/mol. The molecule has 0 bridgehead atoms. The predicted molar refractivity (Wildman–Crippen MR) is 71.0 cm³/mol. The van der Waals surface area contributed by atoms with Crippen LogP contribution in [0.2, 0.25) is 0 Å². The van der Waals surface area contributed by atoms with Crippen molar-refractivity contribution in [3.8, 4) is 0 Å². The van der Waals surface area contributed by atoms with E-state index in [0.717, 1.165) is 31.1 Å². The molecule has 1 aromatic heterocycles. The maximum Gasteiger partial charge on any atom is 0.226 e. The summed E-state index contributed by atoms with van der Waals surface area (Å²) in [6.07, 6.45) is 11.0. The number of nitrogens with zero attached hydrogens (tertiary/aromatic N) is 2. The summed E-state index contributed by atoms with van der Waals surface area (Å²) in [6, 6.07) is -0.0674. The third kappa shape index (κ3) is 3.80. The van der Waals surface area contributed by atoms with Gasteiger partial charge >= 0.3 is 0 Å². The highest BCUT2D eigenvalue weighted by molar-refractivity contribution is 4.93. The van der Waals surface area contributed by atoms with Crippen LogP contribution in [0.1, 0.15) is 76.0 Å². The predicted octanol–water partition coefficient (Wildman–Crippen LogP) is 3.38. The Morgan fingerprint density at radius 1 is 1.33 bits per heavy atom. The van der Waals surface area contributed by atoms with Crippen LogP contribution in [0.25, 0.3) is 0 Å². The van der Waals surface area contributed by atoms with Crippen molar-refractivity contribution in [2.75, 3.05) is 0 Å². The smallest absolute Gasteiger partial charge is 0.226 e. The van der Waals surface area contributed by atoms with Gasteiger partial charge in [-0.05, 0) is 18.8 Å². The van der Waals surface area contributed by atoms with E-state index in [1.807, 2.05) is 0 Å². The minimum Gasteiger partial charge on any atom is -0.339 e. The Kier molecular flexibility index (Phi) is 5.17. The molecule has 2 N–H and O–H groups in total. The number of aryl methyl sites for hydroxylation is 1. The molecule has 1 fully saturated rings. The Morgan fingerprint density at radius 3 is 2.83 bits per heavy atom. The lowest BCUT2D eigenvalue weighted by Gasteiger charge is -2.20. The van der Waals surface area contributed by atoms with Gasteiger partial charge in [-0.25, -0.2) is 0 Å². The normalized spacial score (nSPS) is 19.0. The first-order valence-electron chi connectivity index (χ1n) is 7.37. The van der Waals surface area contributed by atoms with E-state index < -0.39 is 0 Å². The minimum absolute atomic E-state index is 0.0674. The number of rotatable bonds is 6. The van der Waals surface area contributed by atoms with Gasteiger partial charge in [-0.2, -0.15) is 4.98 Å². The molecular formula is C14H25N3O. The standard InChI is InChI=1S/C14H25N3O/c1-2-6-12(15)14-16-13(18-17-14)10-9-11-7-4-3-5-8-11/h11-12H,2-10,15H2,1H3. The largest absolute Gasteiger partial charge is 0.339 e. The van der Waals surface area contributed by atoms with Crippen molar-refractivity contribution in [3.05, 3.63) is 11.7 Å². The second-order valence-electron chi connectivity index (χ2n) is 5.48. The number of aromatic nitrogens is 2. The summed E-state index contributed by atoms with van der Waals surface area (Å²) in [5.41, 5.74) is 5.97. The van der Waals surface area contributed by atoms with Gasteiger partial charge in [0.15, 0.2) is 5.82 Å². The van der Waals surface area contributed by atoms with E-state index in [1.54, 1.807) is 0 Å². The van der Waals surface area contributed by atoms with Crippen molar-refractivity contribution < 1.29 is 4.52 Å². The van der Waals surface area contributed by atoms with Crippen molar-refractivity contribution in [1.29, 1.82) is 0 Å². The summed E-state index contributed by atoms with van der Waals surface area (Å²) in [6.45, 7) is 2.12. The molecule has 0 saturated heterocycles. The Labute approximate surface area is 109 Å². The summed E-state index contributed by atoms with van der Waals surface area (Å²) in [4.78, 5) is 4.41. The fourth-order valence-corrected chi connectivity index (χ4v) is 2.76. The van der Waals surface area contributed by atoms with Crippen LogP contribution in [0.4, 0.5) is 0 Å². The molecule has 1 saturated carbocycles. The molecular weight excluding hydrogens is 226 g/mol. The van der Waals surface area contributed by atoms with Crippen LogP contribution in [0, 0.1) is 5.92 Å². The Hall–Kier alpha value is -0.900. The average Bonchev–Trinajstić information content (AvgIpc) is 2.87. The highest BCUT2D eigenvalue weighted by Crippen LogP contribution is 2.27. The minimum atomic E-state index is -0.0674. The lowest BCUT2D eigenvalue weighted by molar-refractivity contribution is 0.313. The van der Waals surface area contributed by atoms with Gasteiger partial charge in [-0.3, -0.25) is 0 Å². The van der Waals surface area contributed by atoms with Crippen LogP contribution in [-0.2, 0) is 6.42 Å². The second kappa shape index (κ2) is 6.88. The van der Waals surface area contributed by atoms with Crippen molar-refractivity contribution in [1.82, 2.24) is 10.1 Å². The molecule has 0 spiro atoms. The molecule has 1 aliphatic carbocycles. The molecule has 0 aromatic carbocycles. The van der Waals surface area contributed by atoms with E-state index >= 15 is 0 Å². The van der Waals surface area contributed by atoms with E-state index in [2.05, 4.69) is 17.1 Å². The summed E-state index contributed by atoms with van der Waals surface area (Å²) in [7, 11) is 0. The van der Waals surface area contributed by atoms with E-state index in [-0.39, 0.29) is 6.04 Å².